The maximum atomic E-state index is 12.6. The number of hydrogen-bond donors (Lipinski definition) is 1. The summed E-state index contributed by atoms with van der Waals surface area (Å²) in [6.45, 7) is 4.80. The van der Waals surface area contributed by atoms with E-state index in [1.54, 1.807) is 37.4 Å². The van der Waals surface area contributed by atoms with Gasteiger partial charge in [-0.15, -0.1) is 0 Å². The summed E-state index contributed by atoms with van der Waals surface area (Å²) >= 11 is 0. The predicted molar refractivity (Wildman–Crippen MR) is 110 cm³/mol. The van der Waals surface area contributed by atoms with Crippen LogP contribution in [-0.4, -0.2) is 48.7 Å². The molecule has 2 aromatic rings. The number of esters is 1. The molecule has 1 aliphatic rings. The molecular weight excluding hydrogens is 388 g/mol. The highest BCUT2D eigenvalue weighted by molar-refractivity contribution is 6.01. The van der Waals surface area contributed by atoms with Crippen molar-refractivity contribution in [2.45, 2.75) is 39.3 Å². The van der Waals surface area contributed by atoms with Crippen molar-refractivity contribution in [1.29, 1.82) is 0 Å². The van der Waals surface area contributed by atoms with Crippen molar-refractivity contribution >= 4 is 23.3 Å². The van der Waals surface area contributed by atoms with Gasteiger partial charge < -0.3 is 24.1 Å². The van der Waals surface area contributed by atoms with Gasteiger partial charge in [-0.1, -0.05) is 12.1 Å². The number of carbonyl (C=O) groups excluding carboxylic acids is 3. The van der Waals surface area contributed by atoms with Crippen LogP contribution in [0.15, 0.2) is 30.3 Å². The number of ether oxygens (including phenoxy) is 3. The van der Waals surface area contributed by atoms with Gasteiger partial charge in [0.2, 0.25) is 5.78 Å². The number of nitrogens with one attached hydrogen (secondary N) is 1. The van der Waals surface area contributed by atoms with Crippen LogP contribution >= 0.6 is 0 Å². The second-order valence-corrected chi connectivity index (χ2v) is 7.16. The zero-order chi connectivity index (χ0) is 21.7. The van der Waals surface area contributed by atoms with Gasteiger partial charge >= 0.3 is 5.97 Å². The number of para-hydroxylation sites is 2. The van der Waals surface area contributed by atoms with Crippen molar-refractivity contribution < 1.29 is 28.6 Å². The van der Waals surface area contributed by atoms with E-state index in [1.807, 2.05) is 18.4 Å². The minimum absolute atomic E-state index is 0.274. The van der Waals surface area contributed by atoms with E-state index in [9.17, 15) is 14.4 Å². The number of aromatic nitrogens is 1. The van der Waals surface area contributed by atoms with Crippen LogP contribution in [0.5, 0.6) is 5.75 Å². The highest BCUT2D eigenvalue weighted by Crippen LogP contribution is 2.29. The van der Waals surface area contributed by atoms with Crippen LogP contribution in [0.25, 0.3) is 0 Å². The molecule has 0 radical (unpaired) electrons. The molecule has 1 aromatic carbocycles. The highest BCUT2D eigenvalue weighted by Gasteiger charge is 2.30. The largest absolute Gasteiger partial charge is 0.478 e. The first-order valence-corrected chi connectivity index (χ1v) is 9.81. The van der Waals surface area contributed by atoms with Crippen molar-refractivity contribution in [1.82, 2.24) is 4.57 Å². The van der Waals surface area contributed by atoms with E-state index < -0.39 is 18.0 Å². The third-order valence-electron chi connectivity index (χ3n) is 5.03. The fraction of sp³-hybridized carbons (Fsp3) is 0.409. The molecule has 160 valence electrons. The Morgan fingerprint density at radius 1 is 1.23 bits per heavy atom. The Bertz CT molecular complexity index is 949. The van der Waals surface area contributed by atoms with Crippen LogP contribution in [0.3, 0.4) is 0 Å². The summed E-state index contributed by atoms with van der Waals surface area (Å²) in [4.78, 5) is 36.9. The molecule has 8 nitrogen and oxygen atoms in total. The lowest BCUT2D eigenvalue weighted by molar-refractivity contribution is -0.146. The fourth-order valence-electron chi connectivity index (χ4n) is 3.46. The van der Waals surface area contributed by atoms with Gasteiger partial charge in [-0.2, -0.15) is 0 Å². The monoisotopic (exact) mass is 414 g/mol. The van der Waals surface area contributed by atoms with Gasteiger partial charge in [-0.05, 0) is 38.5 Å². The predicted octanol–water partition coefficient (Wildman–Crippen LogP) is 2.66. The van der Waals surface area contributed by atoms with Crippen LogP contribution in [0.1, 0.15) is 34.6 Å². The summed E-state index contributed by atoms with van der Waals surface area (Å²) in [7, 11) is 1.65. The van der Waals surface area contributed by atoms with Gasteiger partial charge in [0.15, 0.2) is 12.7 Å². The number of hydrogen-bond acceptors (Lipinski definition) is 6. The number of Topliss-reactive ketones (excluding diaryl/α,β-unsaturated/α-hetero) is 1. The Morgan fingerprint density at radius 3 is 2.77 bits per heavy atom. The molecule has 3 rings (SSSR count). The van der Waals surface area contributed by atoms with Crippen LogP contribution in [0, 0.1) is 13.8 Å². The van der Waals surface area contributed by atoms with Gasteiger partial charge in [0.05, 0.1) is 12.1 Å². The maximum absolute atomic E-state index is 12.6. The number of rotatable bonds is 9. The molecule has 0 bridgehead atoms. The van der Waals surface area contributed by atoms with Crippen molar-refractivity contribution in [3.63, 3.8) is 0 Å². The number of benzene rings is 1. The molecule has 2 heterocycles. The first-order valence-electron chi connectivity index (χ1n) is 9.81. The number of methoxy groups -OCH3 is 1. The third kappa shape index (κ3) is 4.88. The molecule has 0 fully saturated rings. The van der Waals surface area contributed by atoms with E-state index in [-0.39, 0.29) is 18.8 Å². The quantitative estimate of drug-likeness (QED) is 0.385. The molecule has 0 spiro atoms. The van der Waals surface area contributed by atoms with E-state index in [0.717, 1.165) is 24.4 Å². The summed E-state index contributed by atoms with van der Waals surface area (Å²) in [5.41, 5.74) is 2.88. The number of anilines is 1. The minimum atomic E-state index is -0.992. The normalized spacial score (nSPS) is 15.2. The van der Waals surface area contributed by atoms with Crippen molar-refractivity contribution in [2.24, 2.45) is 0 Å². The zero-order valence-corrected chi connectivity index (χ0v) is 17.4. The first kappa shape index (κ1) is 21.6. The molecule has 0 aliphatic carbocycles. The number of aryl methyl sites for hydroxylation is 1. The summed E-state index contributed by atoms with van der Waals surface area (Å²) in [6.07, 6.45) is -0.431. The van der Waals surface area contributed by atoms with Crippen molar-refractivity contribution in [3.05, 3.63) is 47.3 Å². The molecule has 1 amide bonds. The lowest BCUT2D eigenvalue weighted by Crippen LogP contribution is -2.39. The number of carbonyl (C=O) groups is 3. The third-order valence-corrected chi connectivity index (χ3v) is 5.03. The maximum Gasteiger partial charge on any atom is 0.310 e. The lowest BCUT2D eigenvalue weighted by atomic mass is 10.1. The van der Waals surface area contributed by atoms with E-state index >= 15 is 0 Å². The molecular formula is C22H26N2O6. The molecule has 0 saturated carbocycles. The highest BCUT2D eigenvalue weighted by atomic mass is 16.5. The SMILES string of the molecule is COCCCn1c(C)cc(C(=O)COC(=O)CC2Oc3ccccc3NC2=O)c1C. The Morgan fingerprint density at radius 2 is 2.00 bits per heavy atom. The standard InChI is InChI=1S/C22H26N2O6/c1-14-11-16(15(2)24(14)9-6-10-28-3)18(25)13-29-21(26)12-20-22(27)23-17-7-4-5-8-19(17)30-20/h4-5,7-8,11,20H,6,9-10,12-13H2,1-3H3,(H,23,27). The van der Waals surface area contributed by atoms with Crippen LogP contribution in [0.2, 0.25) is 0 Å². The van der Waals surface area contributed by atoms with E-state index in [2.05, 4.69) is 5.32 Å². The van der Waals surface area contributed by atoms with Gasteiger partial charge in [-0.3, -0.25) is 14.4 Å². The molecule has 8 heteroatoms. The van der Waals surface area contributed by atoms with Crippen LogP contribution < -0.4 is 10.1 Å². The number of ketones is 1. The Hall–Kier alpha value is -3.13. The van der Waals surface area contributed by atoms with Crippen molar-refractivity contribution in [2.75, 3.05) is 25.6 Å². The molecule has 1 aromatic heterocycles. The average molecular weight is 414 g/mol. The minimum Gasteiger partial charge on any atom is -0.478 e. The van der Waals surface area contributed by atoms with Gasteiger partial charge in [-0.25, -0.2) is 0 Å². The lowest BCUT2D eigenvalue weighted by Gasteiger charge is -2.25. The van der Waals surface area contributed by atoms with Crippen LogP contribution in [0.4, 0.5) is 5.69 Å². The molecule has 0 saturated heterocycles. The van der Waals surface area contributed by atoms with E-state index in [1.165, 1.54) is 0 Å². The number of amides is 1. The van der Waals surface area contributed by atoms with Crippen molar-refractivity contribution in [3.8, 4) is 5.75 Å². The average Bonchev–Trinajstić information content (AvgIpc) is 3.01. The Kier molecular flexibility index (Phi) is 6.89. The second kappa shape index (κ2) is 9.58. The van der Waals surface area contributed by atoms with Gasteiger partial charge in [0.1, 0.15) is 5.75 Å². The summed E-state index contributed by atoms with van der Waals surface area (Å²) < 4.78 is 17.8. The summed E-state index contributed by atoms with van der Waals surface area (Å²) in [6, 6.07) is 8.77. The molecule has 1 unspecified atom stereocenters. The molecule has 30 heavy (non-hydrogen) atoms. The number of fused-ring (bicyclic) bond motifs is 1. The summed E-state index contributed by atoms with van der Waals surface area (Å²) in [5.74, 6) is -0.881. The van der Waals surface area contributed by atoms with Gasteiger partial charge in [0.25, 0.3) is 5.91 Å². The topological polar surface area (TPSA) is 95.9 Å². The first-order chi connectivity index (χ1) is 14.4. The Labute approximate surface area is 175 Å². The molecule has 1 aliphatic heterocycles. The second-order valence-electron chi connectivity index (χ2n) is 7.16. The molecule has 1 atom stereocenters. The smallest absolute Gasteiger partial charge is 0.310 e. The fourth-order valence-corrected chi connectivity index (χ4v) is 3.46. The van der Waals surface area contributed by atoms with E-state index in [4.69, 9.17) is 14.2 Å². The van der Waals surface area contributed by atoms with Gasteiger partial charge in [0, 0.05) is 37.2 Å². The summed E-state index contributed by atoms with van der Waals surface area (Å²) in [5, 5.41) is 2.69. The number of nitrogens with zero attached hydrogens (tertiary/aromatic N) is 1. The zero-order valence-electron chi connectivity index (χ0n) is 17.4. The van der Waals surface area contributed by atoms with Crippen LogP contribution in [-0.2, 0) is 25.6 Å². The Balaban J connectivity index is 1.54. The molecule has 1 N–H and O–H groups in total. The van der Waals surface area contributed by atoms with E-state index in [0.29, 0.717) is 23.6 Å².